The molecule has 6 N–H and O–H groups in total. The van der Waals surface area contributed by atoms with Crippen LogP contribution < -0.4 is 4.74 Å². The Bertz CT molecular complexity index is 1910. The Morgan fingerprint density at radius 1 is 0.969 bits per heavy atom. The molecular formula is C48H68O16. The van der Waals surface area contributed by atoms with Gasteiger partial charge in [-0.1, -0.05) is 37.1 Å². The summed E-state index contributed by atoms with van der Waals surface area (Å²) in [5.74, 6) is -2.07. The molecule has 4 heterocycles. The molecule has 3 saturated carbocycles. The van der Waals surface area contributed by atoms with Gasteiger partial charge < -0.3 is 73.3 Å². The van der Waals surface area contributed by atoms with Gasteiger partial charge in [0.15, 0.2) is 18.9 Å². The number of allylic oxidation sites excluding steroid dienone is 2. The van der Waals surface area contributed by atoms with Crippen LogP contribution in [0.2, 0.25) is 0 Å². The number of aliphatic hydroxyl groups excluding tert-OH is 5. The SMILES string of the molecule is COc1ccc(C(=O)OC2C(C)COC(O)(COC3C(OC4CCC5(C)C(=CCC6C5CCC57C(OC)OC8C(C=C(C)C)C(O)OC(CC65)C87)C4)OC(CO)C(O)C3O)C2O)cc1. The molecule has 4 aliphatic heterocycles. The van der Waals surface area contributed by atoms with Crippen molar-refractivity contribution in [2.45, 2.75) is 152 Å². The highest BCUT2D eigenvalue weighted by molar-refractivity contribution is 5.89. The minimum atomic E-state index is -2.37. The third-order valence-electron chi connectivity index (χ3n) is 16.7. The summed E-state index contributed by atoms with van der Waals surface area (Å²) in [5, 5.41) is 66.7. The van der Waals surface area contributed by atoms with E-state index < -0.39 is 80.1 Å². The van der Waals surface area contributed by atoms with E-state index in [1.165, 1.54) is 24.8 Å². The number of esters is 1. The first kappa shape index (κ1) is 46.6. The van der Waals surface area contributed by atoms with Crippen molar-refractivity contribution in [1.82, 2.24) is 0 Å². The summed E-state index contributed by atoms with van der Waals surface area (Å²) in [6.07, 6.45) is -1.53. The van der Waals surface area contributed by atoms with E-state index in [1.807, 2.05) is 13.8 Å². The molecule has 4 saturated heterocycles. The van der Waals surface area contributed by atoms with Gasteiger partial charge in [-0.25, -0.2) is 4.79 Å². The minimum Gasteiger partial charge on any atom is -0.497 e. The zero-order chi connectivity index (χ0) is 45.5. The maximum absolute atomic E-state index is 13.1. The number of hydrogen-bond acceptors (Lipinski definition) is 16. The number of benzene rings is 1. The van der Waals surface area contributed by atoms with Crippen LogP contribution in [-0.2, 0) is 37.9 Å². The van der Waals surface area contributed by atoms with Crippen LogP contribution in [0.5, 0.6) is 5.75 Å². The zero-order valence-electron chi connectivity index (χ0n) is 37.7. The topological polar surface area (TPSA) is 222 Å². The lowest BCUT2D eigenvalue weighted by Gasteiger charge is -2.58. The third-order valence-corrected chi connectivity index (χ3v) is 16.7. The molecule has 1 aromatic rings. The van der Waals surface area contributed by atoms with Gasteiger partial charge in [-0.2, -0.15) is 0 Å². The summed E-state index contributed by atoms with van der Waals surface area (Å²) in [5.41, 5.74) is 2.35. The van der Waals surface area contributed by atoms with E-state index in [0.717, 1.165) is 37.7 Å². The van der Waals surface area contributed by atoms with Crippen molar-refractivity contribution in [1.29, 1.82) is 0 Å². The second-order valence-corrected chi connectivity index (χ2v) is 20.4. The molecule has 21 unspecified atom stereocenters. The van der Waals surface area contributed by atoms with Crippen molar-refractivity contribution in [3.8, 4) is 5.75 Å². The number of carbonyl (C=O) groups is 1. The lowest BCUT2D eigenvalue weighted by molar-refractivity contribution is -0.358. The van der Waals surface area contributed by atoms with Gasteiger partial charge in [0, 0.05) is 24.4 Å². The largest absolute Gasteiger partial charge is 0.497 e. The average molecular weight is 901 g/mol. The first-order valence-electron chi connectivity index (χ1n) is 23.2. The summed E-state index contributed by atoms with van der Waals surface area (Å²) >= 11 is 0. The molecule has 16 heteroatoms. The molecule has 9 rings (SSSR count). The highest BCUT2D eigenvalue weighted by Gasteiger charge is 2.74. The molecule has 64 heavy (non-hydrogen) atoms. The van der Waals surface area contributed by atoms with Crippen molar-refractivity contribution in [2.75, 3.05) is 34.0 Å². The van der Waals surface area contributed by atoms with E-state index >= 15 is 0 Å². The van der Waals surface area contributed by atoms with E-state index in [9.17, 15) is 35.4 Å². The number of carbonyl (C=O) groups excluding carboxylic acids is 1. The van der Waals surface area contributed by atoms with Crippen LogP contribution in [0.4, 0.5) is 0 Å². The quantitative estimate of drug-likeness (QED) is 0.139. The van der Waals surface area contributed by atoms with Crippen LogP contribution in [0, 0.1) is 46.3 Å². The normalized spacial score (nSPS) is 48.2. The minimum absolute atomic E-state index is 0.0913. The highest BCUT2D eigenvalue weighted by atomic mass is 16.7. The fourth-order valence-corrected chi connectivity index (χ4v) is 13.6. The van der Waals surface area contributed by atoms with Crippen LogP contribution in [0.15, 0.2) is 47.6 Å². The monoisotopic (exact) mass is 900 g/mol. The Kier molecular flexibility index (Phi) is 13.0. The smallest absolute Gasteiger partial charge is 0.338 e. The Labute approximate surface area is 374 Å². The van der Waals surface area contributed by atoms with E-state index in [0.29, 0.717) is 36.3 Å². The van der Waals surface area contributed by atoms with Crippen molar-refractivity contribution in [3.05, 3.63) is 53.1 Å². The van der Waals surface area contributed by atoms with Gasteiger partial charge in [-0.3, -0.25) is 0 Å². The lowest BCUT2D eigenvalue weighted by Crippen LogP contribution is -2.64. The number of fused-ring (bicyclic) bond motifs is 4. The van der Waals surface area contributed by atoms with Crippen molar-refractivity contribution in [2.24, 2.45) is 46.3 Å². The van der Waals surface area contributed by atoms with Crippen molar-refractivity contribution < 1.29 is 78.1 Å². The lowest BCUT2D eigenvalue weighted by atomic mass is 9.47. The number of ether oxygens (including phenoxy) is 9. The summed E-state index contributed by atoms with van der Waals surface area (Å²) in [4.78, 5) is 13.1. The predicted molar refractivity (Wildman–Crippen MR) is 225 cm³/mol. The highest BCUT2D eigenvalue weighted by Crippen LogP contribution is 2.72. The molecule has 21 atom stereocenters. The number of hydrogen-bond donors (Lipinski definition) is 6. The van der Waals surface area contributed by atoms with Gasteiger partial charge >= 0.3 is 5.97 Å². The first-order valence-corrected chi connectivity index (χ1v) is 23.2. The summed E-state index contributed by atoms with van der Waals surface area (Å²) in [6, 6.07) is 6.27. The zero-order valence-corrected chi connectivity index (χ0v) is 37.7. The molecule has 1 spiro atoms. The molecule has 0 amide bonds. The van der Waals surface area contributed by atoms with Gasteiger partial charge in [-0.15, -0.1) is 0 Å². The molecule has 356 valence electrons. The van der Waals surface area contributed by atoms with E-state index in [4.69, 9.17) is 42.6 Å². The molecule has 7 fully saturated rings. The van der Waals surface area contributed by atoms with Crippen LogP contribution in [0.1, 0.15) is 83.0 Å². The fourth-order valence-electron chi connectivity index (χ4n) is 13.6. The third kappa shape index (κ3) is 7.70. The molecular weight excluding hydrogens is 833 g/mol. The Morgan fingerprint density at radius 2 is 1.73 bits per heavy atom. The molecule has 4 aliphatic carbocycles. The maximum Gasteiger partial charge on any atom is 0.338 e. The second-order valence-electron chi connectivity index (χ2n) is 20.4. The van der Waals surface area contributed by atoms with Crippen LogP contribution >= 0.6 is 0 Å². The number of methoxy groups -OCH3 is 2. The predicted octanol–water partition coefficient (Wildman–Crippen LogP) is 2.99. The van der Waals surface area contributed by atoms with Crippen LogP contribution in [0.3, 0.4) is 0 Å². The fraction of sp³-hybridized carbons (Fsp3) is 0.771. The van der Waals surface area contributed by atoms with Gasteiger partial charge in [-0.05, 0) is 106 Å². The molecule has 8 aliphatic rings. The van der Waals surface area contributed by atoms with Crippen LogP contribution in [0.25, 0.3) is 0 Å². The molecule has 0 aromatic heterocycles. The number of rotatable bonds is 11. The summed E-state index contributed by atoms with van der Waals surface area (Å²) < 4.78 is 54.7. The molecule has 1 aromatic carbocycles. The standard InChI is InChI=1S/C48H68O16/c1-23(2)17-30-39-35-33(61-43(30)54)19-32-29-12-9-26-18-28(13-15-46(26,4)31(29)14-16-47(32,35)45(57-6)64-39)60-44-40(37(51)36(50)34(20-49)62-44)58-22-48(55)41(52)38(24(3)21-59-48)63-42(53)25-7-10-27(56-5)11-8-25/h7-11,17,24,28-41,43-45,49-52,54-55H,12-16,18-22H2,1-6H3. The first-order chi connectivity index (χ1) is 30.6. The van der Waals surface area contributed by atoms with Gasteiger partial charge in [0.1, 0.15) is 49.0 Å². The van der Waals surface area contributed by atoms with Gasteiger partial charge in [0.05, 0.1) is 50.1 Å². The van der Waals surface area contributed by atoms with Gasteiger partial charge in [0.25, 0.3) is 0 Å². The molecule has 0 bridgehead atoms. The Hall–Kier alpha value is -2.55. The van der Waals surface area contributed by atoms with Crippen molar-refractivity contribution >= 4 is 5.97 Å². The Morgan fingerprint density at radius 3 is 2.44 bits per heavy atom. The summed E-state index contributed by atoms with van der Waals surface area (Å²) in [6.45, 7) is 6.78. The average Bonchev–Trinajstić information content (AvgIpc) is 3.79. The van der Waals surface area contributed by atoms with E-state index in [-0.39, 0.29) is 59.4 Å². The molecule has 16 nitrogen and oxygen atoms in total. The summed E-state index contributed by atoms with van der Waals surface area (Å²) in [7, 11) is 3.25. The van der Waals surface area contributed by atoms with Gasteiger partial charge in [0.2, 0.25) is 5.79 Å². The Balaban J connectivity index is 0.886. The second kappa shape index (κ2) is 17.8. The molecule has 0 radical (unpaired) electrons. The van der Waals surface area contributed by atoms with E-state index in [2.05, 4.69) is 19.1 Å². The van der Waals surface area contributed by atoms with Crippen LogP contribution in [-0.4, -0.2) is 150 Å². The van der Waals surface area contributed by atoms with E-state index in [1.54, 1.807) is 26.2 Å². The number of aliphatic hydroxyl groups is 6. The maximum atomic E-state index is 13.1. The van der Waals surface area contributed by atoms with Crippen molar-refractivity contribution in [3.63, 3.8) is 0 Å².